The van der Waals surface area contributed by atoms with E-state index in [0.29, 0.717) is 24.5 Å². The van der Waals surface area contributed by atoms with Crippen molar-refractivity contribution in [3.8, 4) is 0 Å². The number of benzene rings is 1. The maximum Gasteiger partial charge on any atom is 0.254 e. The highest BCUT2D eigenvalue weighted by molar-refractivity contribution is 8.00. The minimum Gasteiger partial charge on any atom is -0.337 e. The van der Waals surface area contributed by atoms with E-state index in [1.807, 2.05) is 30.9 Å². The first-order valence-electron chi connectivity index (χ1n) is 9.12. The SMILES string of the molecule is CCc1cc(=O)n(C)c(SC(CC)C(=O)N2CCc3ccccc3C2)n1. The van der Waals surface area contributed by atoms with Crippen LogP contribution < -0.4 is 5.56 Å². The fourth-order valence-corrected chi connectivity index (χ4v) is 4.26. The molecule has 1 aliphatic heterocycles. The number of carbonyl (C=O) groups excluding carboxylic acids is 1. The molecule has 26 heavy (non-hydrogen) atoms. The fraction of sp³-hybridized carbons (Fsp3) is 0.450. The lowest BCUT2D eigenvalue weighted by Gasteiger charge is -2.31. The first kappa shape index (κ1) is 18.7. The van der Waals surface area contributed by atoms with Gasteiger partial charge < -0.3 is 4.90 Å². The summed E-state index contributed by atoms with van der Waals surface area (Å²) in [4.78, 5) is 31.7. The van der Waals surface area contributed by atoms with Crippen LogP contribution >= 0.6 is 11.8 Å². The standard InChI is InChI=1S/C20H25N3O2S/c1-4-16-12-18(24)22(3)20(21-16)26-17(5-2)19(25)23-11-10-14-8-6-7-9-15(14)13-23/h6-9,12,17H,4-5,10-11,13H2,1-3H3. The van der Waals surface area contributed by atoms with E-state index in [9.17, 15) is 9.59 Å². The van der Waals surface area contributed by atoms with Crippen LogP contribution in [-0.2, 0) is 31.2 Å². The molecule has 2 aromatic rings. The summed E-state index contributed by atoms with van der Waals surface area (Å²) in [6, 6.07) is 9.87. The van der Waals surface area contributed by atoms with Crippen molar-refractivity contribution >= 4 is 17.7 Å². The van der Waals surface area contributed by atoms with E-state index in [0.717, 1.165) is 18.7 Å². The minimum absolute atomic E-state index is 0.0754. The third-order valence-corrected chi connectivity index (χ3v) is 6.24. The van der Waals surface area contributed by atoms with Crippen molar-refractivity contribution < 1.29 is 4.79 Å². The number of aromatic nitrogens is 2. The van der Waals surface area contributed by atoms with Crippen LogP contribution in [0.3, 0.4) is 0 Å². The van der Waals surface area contributed by atoms with Gasteiger partial charge in [0.05, 0.1) is 5.25 Å². The monoisotopic (exact) mass is 371 g/mol. The predicted octanol–water partition coefficient (Wildman–Crippen LogP) is 2.80. The quantitative estimate of drug-likeness (QED) is 0.599. The van der Waals surface area contributed by atoms with Gasteiger partial charge in [0.1, 0.15) is 0 Å². The number of thioether (sulfide) groups is 1. The topological polar surface area (TPSA) is 55.2 Å². The Morgan fingerprint density at radius 2 is 2.00 bits per heavy atom. The maximum absolute atomic E-state index is 13.1. The molecular weight excluding hydrogens is 346 g/mol. The summed E-state index contributed by atoms with van der Waals surface area (Å²) in [6.45, 7) is 5.39. The van der Waals surface area contributed by atoms with E-state index in [2.05, 4.69) is 17.1 Å². The highest BCUT2D eigenvalue weighted by Crippen LogP contribution is 2.27. The number of nitrogens with zero attached hydrogens (tertiary/aromatic N) is 3. The van der Waals surface area contributed by atoms with Gasteiger partial charge in [-0.05, 0) is 30.4 Å². The molecular formula is C20H25N3O2S. The molecule has 0 N–H and O–H groups in total. The molecule has 6 heteroatoms. The Hall–Kier alpha value is -2.08. The normalized spacial score (nSPS) is 14.8. The summed E-state index contributed by atoms with van der Waals surface area (Å²) < 4.78 is 1.53. The van der Waals surface area contributed by atoms with Gasteiger partial charge in [0, 0.05) is 31.9 Å². The van der Waals surface area contributed by atoms with Crippen LogP contribution in [0.1, 0.15) is 37.1 Å². The Morgan fingerprint density at radius 3 is 2.69 bits per heavy atom. The Bertz CT molecular complexity index is 862. The number of hydrogen-bond acceptors (Lipinski definition) is 4. The van der Waals surface area contributed by atoms with Crippen molar-refractivity contribution in [2.75, 3.05) is 6.54 Å². The van der Waals surface area contributed by atoms with Gasteiger partial charge in [-0.2, -0.15) is 0 Å². The molecule has 1 amide bonds. The van der Waals surface area contributed by atoms with E-state index in [1.165, 1.54) is 27.5 Å². The molecule has 2 heterocycles. The summed E-state index contributed by atoms with van der Waals surface area (Å²) in [7, 11) is 1.71. The van der Waals surface area contributed by atoms with E-state index in [4.69, 9.17) is 0 Å². The first-order valence-corrected chi connectivity index (χ1v) is 10.0. The van der Waals surface area contributed by atoms with Gasteiger partial charge in [-0.3, -0.25) is 14.2 Å². The molecule has 0 fully saturated rings. The van der Waals surface area contributed by atoms with E-state index in [-0.39, 0.29) is 16.7 Å². The first-order chi connectivity index (χ1) is 12.5. The van der Waals surface area contributed by atoms with Gasteiger partial charge in [0.2, 0.25) is 5.91 Å². The summed E-state index contributed by atoms with van der Waals surface area (Å²) in [5.74, 6) is 0.128. The van der Waals surface area contributed by atoms with E-state index >= 15 is 0 Å². The smallest absolute Gasteiger partial charge is 0.254 e. The molecule has 1 aromatic carbocycles. The molecule has 3 rings (SSSR count). The Morgan fingerprint density at radius 1 is 1.27 bits per heavy atom. The number of fused-ring (bicyclic) bond motifs is 1. The summed E-state index contributed by atoms with van der Waals surface area (Å²) in [6.07, 6.45) is 2.30. The Labute approximate surface area is 158 Å². The van der Waals surface area contributed by atoms with E-state index < -0.39 is 0 Å². The molecule has 138 valence electrons. The van der Waals surface area contributed by atoms with E-state index in [1.54, 1.807) is 13.1 Å². The van der Waals surface area contributed by atoms with Gasteiger partial charge in [-0.25, -0.2) is 4.98 Å². The average Bonchev–Trinajstić information content (AvgIpc) is 2.68. The number of carbonyl (C=O) groups is 1. The molecule has 0 spiro atoms. The largest absolute Gasteiger partial charge is 0.337 e. The van der Waals surface area contributed by atoms with Crippen LogP contribution in [0.5, 0.6) is 0 Å². The van der Waals surface area contributed by atoms with Crippen molar-refractivity contribution in [1.29, 1.82) is 0 Å². The van der Waals surface area contributed by atoms with Crippen LogP contribution in [-0.4, -0.2) is 32.2 Å². The third-order valence-electron chi connectivity index (χ3n) is 4.85. The third kappa shape index (κ3) is 3.85. The van der Waals surface area contributed by atoms with Crippen molar-refractivity contribution in [2.45, 2.75) is 50.1 Å². The number of amides is 1. The van der Waals surface area contributed by atoms with Crippen molar-refractivity contribution in [3.63, 3.8) is 0 Å². The number of hydrogen-bond donors (Lipinski definition) is 0. The van der Waals surface area contributed by atoms with Gasteiger partial charge in [-0.15, -0.1) is 0 Å². The van der Waals surface area contributed by atoms with Crippen LogP contribution in [0.4, 0.5) is 0 Å². The van der Waals surface area contributed by atoms with Crippen molar-refractivity contribution in [1.82, 2.24) is 14.5 Å². The second kappa shape index (κ2) is 8.08. The molecule has 0 saturated carbocycles. The number of aryl methyl sites for hydroxylation is 1. The minimum atomic E-state index is -0.231. The highest BCUT2D eigenvalue weighted by atomic mass is 32.2. The van der Waals surface area contributed by atoms with Crippen molar-refractivity contribution in [3.05, 3.63) is 57.5 Å². The molecule has 0 aliphatic carbocycles. The Kier molecular flexibility index (Phi) is 5.81. The predicted molar refractivity (Wildman–Crippen MR) is 104 cm³/mol. The molecule has 1 atom stereocenters. The van der Waals surface area contributed by atoms with Crippen LogP contribution in [0.15, 0.2) is 40.3 Å². The lowest BCUT2D eigenvalue weighted by molar-refractivity contribution is -0.131. The fourth-order valence-electron chi connectivity index (χ4n) is 3.17. The molecule has 0 bridgehead atoms. The molecule has 0 saturated heterocycles. The second-order valence-electron chi connectivity index (χ2n) is 6.57. The average molecular weight is 372 g/mol. The second-order valence-corrected chi connectivity index (χ2v) is 7.74. The van der Waals surface area contributed by atoms with Gasteiger partial charge in [0.25, 0.3) is 5.56 Å². The summed E-state index contributed by atoms with van der Waals surface area (Å²) in [5, 5.41) is 0.387. The summed E-state index contributed by atoms with van der Waals surface area (Å²) in [5.41, 5.74) is 3.25. The maximum atomic E-state index is 13.1. The molecule has 5 nitrogen and oxygen atoms in total. The van der Waals surface area contributed by atoms with Crippen molar-refractivity contribution in [2.24, 2.45) is 7.05 Å². The zero-order valence-electron chi connectivity index (χ0n) is 15.6. The highest BCUT2D eigenvalue weighted by Gasteiger charge is 2.28. The zero-order valence-corrected chi connectivity index (χ0v) is 16.4. The Balaban J connectivity index is 1.78. The van der Waals surface area contributed by atoms with Gasteiger partial charge in [-0.1, -0.05) is 49.9 Å². The van der Waals surface area contributed by atoms with Crippen LogP contribution in [0.2, 0.25) is 0 Å². The zero-order chi connectivity index (χ0) is 18.7. The van der Waals surface area contributed by atoms with Gasteiger partial charge in [0.15, 0.2) is 5.16 Å². The lowest BCUT2D eigenvalue weighted by atomic mass is 9.99. The molecule has 1 unspecified atom stereocenters. The number of rotatable bonds is 5. The molecule has 1 aromatic heterocycles. The lowest BCUT2D eigenvalue weighted by Crippen LogP contribution is -2.41. The van der Waals surface area contributed by atoms with Crippen LogP contribution in [0, 0.1) is 0 Å². The molecule has 0 radical (unpaired) electrons. The van der Waals surface area contributed by atoms with Crippen LogP contribution in [0.25, 0.3) is 0 Å². The van der Waals surface area contributed by atoms with Gasteiger partial charge >= 0.3 is 0 Å². The summed E-state index contributed by atoms with van der Waals surface area (Å²) >= 11 is 1.40. The molecule has 1 aliphatic rings.